The van der Waals surface area contributed by atoms with Gasteiger partial charge in [-0.15, -0.1) is 11.8 Å². The Bertz CT molecular complexity index is 951. The third-order valence-electron chi connectivity index (χ3n) is 4.03. The smallest absolute Gasteiger partial charge is 0.221 e. The summed E-state index contributed by atoms with van der Waals surface area (Å²) < 4.78 is 1.71. The van der Waals surface area contributed by atoms with Crippen LogP contribution < -0.4 is 10.7 Å². The molecule has 0 aliphatic rings. The number of carbonyl (C=O) groups is 1. The molecule has 0 radical (unpaired) electrons. The van der Waals surface area contributed by atoms with Crippen molar-refractivity contribution in [2.75, 3.05) is 12.3 Å². The fourth-order valence-corrected chi connectivity index (χ4v) is 3.40. The van der Waals surface area contributed by atoms with E-state index in [1.165, 1.54) is 16.7 Å². The zero-order chi connectivity index (χ0) is 18.4. The first-order valence-corrected chi connectivity index (χ1v) is 9.53. The molecule has 0 bridgehead atoms. The Labute approximate surface area is 156 Å². The maximum Gasteiger partial charge on any atom is 0.221 e. The van der Waals surface area contributed by atoms with Gasteiger partial charge >= 0.3 is 0 Å². The van der Waals surface area contributed by atoms with Crippen LogP contribution in [-0.4, -0.2) is 28.0 Å². The van der Waals surface area contributed by atoms with Crippen LogP contribution in [0.4, 0.5) is 0 Å². The van der Waals surface area contributed by atoms with E-state index in [1.54, 1.807) is 22.5 Å². The van der Waals surface area contributed by atoms with Crippen molar-refractivity contribution in [2.45, 2.75) is 24.8 Å². The third-order valence-corrected chi connectivity index (χ3v) is 5.04. The van der Waals surface area contributed by atoms with Crippen LogP contribution in [-0.2, 0) is 11.3 Å². The highest BCUT2D eigenvalue weighted by Gasteiger charge is 2.06. The first-order valence-electron chi connectivity index (χ1n) is 8.54. The molecular formula is C20H21N3O2S. The van der Waals surface area contributed by atoms with E-state index in [2.05, 4.69) is 41.6 Å². The van der Waals surface area contributed by atoms with Crippen molar-refractivity contribution in [3.05, 3.63) is 70.5 Å². The van der Waals surface area contributed by atoms with E-state index in [0.717, 1.165) is 11.3 Å². The first-order chi connectivity index (χ1) is 12.6. The van der Waals surface area contributed by atoms with Gasteiger partial charge in [-0.3, -0.25) is 14.3 Å². The molecule has 6 heteroatoms. The highest BCUT2D eigenvalue weighted by molar-refractivity contribution is 7.99. The summed E-state index contributed by atoms with van der Waals surface area (Å²) in [6, 6.07) is 15.7. The van der Waals surface area contributed by atoms with Crippen molar-refractivity contribution in [1.29, 1.82) is 0 Å². The number of amides is 1. The number of carbonyl (C=O) groups excluding carboxylic acids is 1. The average molecular weight is 367 g/mol. The number of para-hydroxylation sites is 1. The molecule has 0 saturated carbocycles. The molecule has 3 aromatic rings. The number of hydrogen-bond acceptors (Lipinski definition) is 4. The second-order valence-corrected chi connectivity index (χ2v) is 7.18. The van der Waals surface area contributed by atoms with E-state index in [1.807, 2.05) is 18.2 Å². The Balaban J connectivity index is 1.46. The second-order valence-electron chi connectivity index (χ2n) is 6.01. The molecule has 0 spiro atoms. The predicted octanol–water partition coefficient (Wildman–Crippen LogP) is 3.00. The van der Waals surface area contributed by atoms with E-state index in [-0.39, 0.29) is 11.3 Å². The Morgan fingerprint density at radius 3 is 2.73 bits per heavy atom. The molecule has 134 valence electrons. The van der Waals surface area contributed by atoms with Crippen LogP contribution in [0.1, 0.15) is 12.0 Å². The lowest BCUT2D eigenvalue weighted by Crippen LogP contribution is -2.27. The first kappa shape index (κ1) is 18.2. The maximum atomic E-state index is 12.1. The van der Waals surface area contributed by atoms with Crippen molar-refractivity contribution >= 4 is 28.6 Å². The molecule has 1 N–H and O–H groups in total. The molecule has 0 atom stereocenters. The number of nitrogens with one attached hydrogen (secondary N) is 1. The monoisotopic (exact) mass is 367 g/mol. The van der Waals surface area contributed by atoms with Gasteiger partial charge in [0, 0.05) is 29.0 Å². The number of fused-ring (bicyclic) bond motifs is 1. The summed E-state index contributed by atoms with van der Waals surface area (Å²) in [5, 5.41) is 7.70. The molecule has 1 amide bonds. The quantitative estimate of drug-likeness (QED) is 0.515. The van der Waals surface area contributed by atoms with Crippen LogP contribution in [0, 0.1) is 6.92 Å². The standard InChI is InChI=1S/C20H21N3O2S/c1-15-6-8-16(9-7-15)26-13-11-21-20(25)10-12-23-18-5-3-2-4-17(18)19(24)14-22-23/h2-9,14H,10-13H2,1H3,(H,21,25). The molecule has 0 aliphatic heterocycles. The van der Waals surface area contributed by atoms with Crippen molar-refractivity contribution in [1.82, 2.24) is 15.1 Å². The molecule has 0 aliphatic carbocycles. The summed E-state index contributed by atoms with van der Waals surface area (Å²) in [5.74, 6) is 0.813. The van der Waals surface area contributed by atoms with Gasteiger partial charge in [0.05, 0.1) is 18.3 Å². The largest absolute Gasteiger partial charge is 0.355 e. The normalized spacial score (nSPS) is 10.8. The Morgan fingerprint density at radius 2 is 1.92 bits per heavy atom. The number of nitrogens with zero attached hydrogens (tertiary/aromatic N) is 2. The number of aromatic nitrogens is 2. The summed E-state index contributed by atoms with van der Waals surface area (Å²) in [7, 11) is 0. The molecular weight excluding hydrogens is 346 g/mol. The van der Waals surface area contributed by atoms with Gasteiger partial charge in [0.15, 0.2) is 0 Å². The third kappa shape index (κ3) is 4.73. The summed E-state index contributed by atoms with van der Waals surface area (Å²) in [5.41, 5.74) is 1.89. The zero-order valence-corrected chi connectivity index (χ0v) is 15.5. The number of rotatable bonds is 7. The number of benzene rings is 2. The van der Waals surface area contributed by atoms with Crippen molar-refractivity contribution < 1.29 is 4.79 Å². The lowest BCUT2D eigenvalue weighted by atomic mass is 10.2. The van der Waals surface area contributed by atoms with Gasteiger partial charge in [0.25, 0.3) is 0 Å². The molecule has 26 heavy (non-hydrogen) atoms. The van der Waals surface area contributed by atoms with Gasteiger partial charge in [-0.2, -0.15) is 5.10 Å². The molecule has 0 saturated heterocycles. The molecule has 2 aromatic carbocycles. The van der Waals surface area contributed by atoms with E-state index in [4.69, 9.17) is 0 Å². The van der Waals surface area contributed by atoms with Crippen molar-refractivity contribution in [2.24, 2.45) is 0 Å². The van der Waals surface area contributed by atoms with E-state index < -0.39 is 0 Å². The Hall–Kier alpha value is -2.60. The predicted molar refractivity (Wildman–Crippen MR) is 106 cm³/mol. The Kier molecular flexibility index (Phi) is 6.07. The highest BCUT2D eigenvalue weighted by Crippen LogP contribution is 2.17. The molecule has 1 aromatic heterocycles. The molecule has 0 fully saturated rings. The minimum atomic E-state index is -0.102. The number of hydrogen-bond donors (Lipinski definition) is 1. The topological polar surface area (TPSA) is 64.0 Å². The maximum absolute atomic E-state index is 12.1. The van der Waals surface area contributed by atoms with Gasteiger partial charge in [-0.25, -0.2) is 0 Å². The Morgan fingerprint density at radius 1 is 1.15 bits per heavy atom. The molecule has 5 nitrogen and oxygen atoms in total. The van der Waals surface area contributed by atoms with E-state index >= 15 is 0 Å². The van der Waals surface area contributed by atoms with Crippen LogP contribution in [0.5, 0.6) is 0 Å². The van der Waals surface area contributed by atoms with Crippen molar-refractivity contribution in [3.63, 3.8) is 0 Å². The number of aryl methyl sites for hydroxylation is 2. The van der Waals surface area contributed by atoms with Crippen LogP contribution >= 0.6 is 11.8 Å². The summed E-state index contributed by atoms with van der Waals surface area (Å²) in [6.07, 6.45) is 1.63. The van der Waals surface area contributed by atoms with Crippen LogP contribution in [0.25, 0.3) is 10.9 Å². The van der Waals surface area contributed by atoms with Crippen LogP contribution in [0.2, 0.25) is 0 Å². The zero-order valence-electron chi connectivity index (χ0n) is 14.6. The fraction of sp³-hybridized carbons (Fsp3) is 0.250. The summed E-state index contributed by atoms with van der Waals surface area (Å²) in [4.78, 5) is 25.1. The van der Waals surface area contributed by atoms with E-state index in [0.29, 0.717) is 24.9 Å². The fourth-order valence-electron chi connectivity index (χ4n) is 2.63. The van der Waals surface area contributed by atoms with Gasteiger partial charge in [0.2, 0.25) is 11.3 Å². The minimum absolute atomic E-state index is 0.0147. The molecule has 0 unspecified atom stereocenters. The van der Waals surface area contributed by atoms with Gasteiger partial charge in [-0.1, -0.05) is 29.8 Å². The van der Waals surface area contributed by atoms with Crippen LogP contribution in [0.3, 0.4) is 0 Å². The summed E-state index contributed by atoms with van der Waals surface area (Å²) >= 11 is 1.72. The second kappa shape index (κ2) is 8.67. The van der Waals surface area contributed by atoms with Crippen LogP contribution in [0.15, 0.2) is 64.4 Å². The SMILES string of the molecule is Cc1ccc(SCCNC(=O)CCn2ncc(=O)c3ccccc32)cc1. The van der Waals surface area contributed by atoms with E-state index in [9.17, 15) is 9.59 Å². The van der Waals surface area contributed by atoms with Gasteiger partial charge < -0.3 is 5.32 Å². The minimum Gasteiger partial charge on any atom is -0.355 e. The average Bonchev–Trinajstić information content (AvgIpc) is 2.66. The van der Waals surface area contributed by atoms with Gasteiger partial charge in [0.1, 0.15) is 0 Å². The highest BCUT2D eigenvalue weighted by atomic mass is 32.2. The molecule has 1 heterocycles. The van der Waals surface area contributed by atoms with Crippen molar-refractivity contribution in [3.8, 4) is 0 Å². The van der Waals surface area contributed by atoms with Gasteiger partial charge in [-0.05, 0) is 31.2 Å². The molecule has 3 rings (SSSR count). The number of thioether (sulfide) groups is 1. The lowest BCUT2D eigenvalue weighted by Gasteiger charge is -2.09. The summed E-state index contributed by atoms with van der Waals surface area (Å²) in [6.45, 7) is 3.13. The lowest BCUT2D eigenvalue weighted by molar-refractivity contribution is -0.121.